The Balaban J connectivity index is 2.22. The maximum Gasteiger partial charge on any atom is 0.270 e. The van der Waals surface area contributed by atoms with Crippen molar-refractivity contribution in [3.05, 3.63) is 81.4 Å². The maximum atomic E-state index is 12.0. The third-order valence-corrected chi connectivity index (χ3v) is 2.94. The lowest BCUT2D eigenvalue weighted by atomic mass is 10.1. The molecule has 0 fully saturated rings. The van der Waals surface area contributed by atoms with Crippen molar-refractivity contribution in [1.82, 2.24) is 0 Å². The van der Waals surface area contributed by atoms with Crippen LogP contribution in [0.2, 0.25) is 0 Å². The number of nitrogens with zero attached hydrogens (tertiary/aromatic N) is 1. The molecular formula is C16H13NO3. The number of carbonyl (C=O) groups excluding carboxylic acids is 1. The Labute approximate surface area is 116 Å². The Morgan fingerprint density at radius 1 is 1.15 bits per heavy atom. The molecule has 0 atom stereocenters. The molecule has 2 aromatic carbocycles. The molecule has 0 spiro atoms. The van der Waals surface area contributed by atoms with Crippen LogP contribution in [0.4, 0.5) is 5.69 Å². The van der Waals surface area contributed by atoms with E-state index in [0.717, 1.165) is 11.1 Å². The molecule has 0 heterocycles. The lowest BCUT2D eigenvalue weighted by Crippen LogP contribution is -1.96. The van der Waals surface area contributed by atoms with Gasteiger partial charge in [-0.05, 0) is 24.1 Å². The summed E-state index contributed by atoms with van der Waals surface area (Å²) in [5.74, 6) is -0.253. The van der Waals surface area contributed by atoms with Gasteiger partial charge < -0.3 is 0 Å². The van der Waals surface area contributed by atoms with Crippen LogP contribution in [0.25, 0.3) is 6.08 Å². The lowest BCUT2D eigenvalue weighted by molar-refractivity contribution is -0.384. The van der Waals surface area contributed by atoms with Crippen molar-refractivity contribution >= 4 is 17.5 Å². The first-order chi connectivity index (χ1) is 9.58. The van der Waals surface area contributed by atoms with Gasteiger partial charge in [-0.25, -0.2) is 0 Å². The number of carbonyl (C=O) groups is 1. The minimum Gasteiger partial charge on any atom is -0.289 e. The van der Waals surface area contributed by atoms with Crippen molar-refractivity contribution in [1.29, 1.82) is 0 Å². The van der Waals surface area contributed by atoms with E-state index in [0.29, 0.717) is 5.56 Å². The number of allylic oxidation sites excluding steroid dienone is 1. The Morgan fingerprint density at radius 2 is 1.90 bits per heavy atom. The third kappa shape index (κ3) is 3.17. The van der Waals surface area contributed by atoms with E-state index in [9.17, 15) is 14.9 Å². The van der Waals surface area contributed by atoms with E-state index in [1.807, 2.05) is 31.2 Å². The van der Waals surface area contributed by atoms with Gasteiger partial charge in [0.25, 0.3) is 5.69 Å². The van der Waals surface area contributed by atoms with Crippen molar-refractivity contribution in [3.8, 4) is 0 Å². The molecule has 0 aliphatic rings. The zero-order chi connectivity index (χ0) is 14.5. The minimum atomic E-state index is -0.512. The van der Waals surface area contributed by atoms with Crippen LogP contribution >= 0.6 is 0 Å². The summed E-state index contributed by atoms with van der Waals surface area (Å²) in [5.41, 5.74) is 2.24. The van der Waals surface area contributed by atoms with Gasteiger partial charge in [-0.2, -0.15) is 0 Å². The molecule has 20 heavy (non-hydrogen) atoms. The first-order valence-electron chi connectivity index (χ1n) is 6.10. The van der Waals surface area contributed by atoms with Crippen molar-refractivity contribution in [2.24, 2.45) is 0 Å². The summed E-state index contributed by atoms with van der Waals surface area (Å²) in [5, 5.41) is 10.7. The van der Waals surface area contributed by atoms with Crippen LogP contribution in [-0.4, -0.2) is 10.7 Å². The van der Waals surface area contributed by atoms with Gasteiger partial charge in [-0.3, -0.25) is 14.9 Å². The molecule has 0 N–H and O–H groups in total. The highest BCUT2D eigenvalue weighted by atomic mass is 16.6. The van der Waals surface area contributed by atoms with Crippen molar-refractivity contribution in [2.45, 2.75) is 6.92 Å². The molecule has 2 rings (SSSR count). The second-order valence-corrected chi connectivity index (χ2v) is 4.36. The number of benzene rings is 2. The average Bonchev–Trinajstić information content (AvgIpc) is 2.46. The molecule has 4 heteroatoms. The quantitative estimate of drug-likeness (QED) is 0.366. The Kier molecular flexibility index (Phi) is 4.05. The molecule has 0 saturated carbocycles. The maximum absolute atomic E-state index is 12.0. The third-order valence-electron chi connectivity index (χ3n) is 2.94. The Morgan fingerprint density at radius 3 is 2.60 bits per heavy atom. The van der Waals surface area contributed by atoms with Gasteiger partial charge in [-0.1, -0.05) is 42.5 Å². The molecule has 100 valence electrons. The fraction of sp³-hybridized carbons (Fsp3) is 0.0625. The number of nitro groups is 1. The average molecular weight is 267 g/mol. The van der Waals surface area contributed by atoms with Gasteiger partial charge in [-0.15, -0.1) is 0 Å². The van der Waals surface area contributed by atoms with Crippen LogP contribution < -0.4 is 0 Å². The minimum absolute atomic E-state index is 0.0832. The second-order valence-electron chi connectivity index (χ2n) is 4.36. The van der Waals surface area contributed by atoms with Crippen molar-refractivity contribution in [3.63, 3.8) is 0 Å². The van der Waals surface area contributed by atoms with Crippen LogP contribution in [0.15, 0.2) is 54.6 Å². The molecule has 0 aromatic heterocycles. The number of hydrogen-bond acceptors (Lipinski definition) is 3. The largest absolute Gasteiger partial charge is 0.289 e. The molecule has 0 aliphatic carbocycles. The van der Waals surface area contributed by atoms with E-state index in [4.69, 9.17) is 0 Å². The summed E-state index contributed by atoms with van der Waals surface area (Å²) in [7, 11) is 0. The predicted molar refractivity (Wildman–Crippen MR) is 77.6 cm³/mol. The fourth-order valence-corrected chi connectivity index (χ4v) is 1.81. The summed E-state index contributed by atoms with van der Waals surface area (Å²) >= 11 is 0. The number of non-ortho nitro benzene ring substituents is 1. The Bertz CT molecular complexity index is 690. The molecule has 4 nitrogen and oxygen atoms in total. The Hall–Kier alpha value is -2.75. The summed E-state index contributed by atoms with van der Waals surface area (Å²) in [6, 6.07) is 13.4. The molecule has 0 amide bonds. The molecule has 2 aromatic rings. The van der Waals surface area contributed by atoms with E-state index in [1.165, 1.54) is 24.3 Å². The summed E-state index contributed by atoms with van der Waals surface area (Å²) in [6.07, 6.45) is 3.15. The number of hydrogen-bond donors (Lipinski definition) is 0. The highest BCUT2D eigenvalue weighted by molar-refractivity contribution is 6.07. The zero-order valence-electron chi connectivity index (χ0n) is 10.9. The number of ketones is 1. The van der Waals surface area contributed by atoms with Gasteiger partial charge in [0.15, 0.2) is 5.78 Å². The SMILES string of the molecule is Cc1ccccc1/C=C/C(=O)c1cccc([N+](=O)[O-])c1. The van der Waals surface area contributed by atoms with Gasteiger partial charge in [0, 0.05) is 17.7 Å². The molecule has 0 radical (unpaired) electrons. The first kappa shape index (κ1) is 13.7. The normalized spacial score (nSPS) is 10.7. The summed E-state index contributed by atoms with van der Waals surface area (Å²) in [4.78, 5) is 22.2. The van der Waals surface area contributed by atoms with Crippen LogP contribution in [0, 0.1) is 17.0 Å². The van der Waals surface area contributed by atoms with Gasteiger partial charge in [0.2, 0.25) is 0 Å². The van der Waals surface area contributed by atoms with E-state index >= 15 is 0 Å². The standard InChI is InChI=1S/C16H13NO3/c1-12-5-2-3-6-13(12)9-10-16(18)14-7-4-8-15(11-14)17(19)20/h2-11H,1H3/b10-9+. The van der Waals surface area contributed by atoms with Gasteiger partial charge >= 0.3 is 0 Å². The van der Waals surface area contributed by atoms with Gasteiger partial charge in [0.1, 0.15) is 0 Å². The molecular weight excluding hydrogens is 254 g/mol. The second kappa shape index (κ2) is 5.93. The number of nitro benzene ring substituents is 1. The van der Waals surface area contributed by atoms with Crippen LogP contribution in [0.5, 0.6) is 0 Å². The molecule has 0 unspecified atom stereocenters. The van der Waals surface area contributed by atoms with E-state index in [2.05, 4.69) is 0 Å². The highest BCUT2D eigenvalue weighted by Crippen LogP contribution is 2.15. The number of rotatable bonds is 4. The van der Waals surface area contributed by atoms with Crippen LogP contribution in [-0.2, 0) is 0 Å². The number of aryl methyl sites for hydroxylation is 1. The van der Waals surface area contributed by atoms with E-state index < -0.39 is 4.92 Å². The summed E-state index contributed by atoms with van der Waals surface area (Å²) < 4.78 is 0. The first-order valence-corrected chi connectivity index (χ1v) is 6.10. The van der Waals surface area contributed by atoms with Crippen LogP contribution in [0.3, 0.4) is 0 Å². The van der Waals surface area contributed by atoms with Crippen molar-refractivity contribution < 1.29 is 9.72 Å². The van der Waals surface area contributed by atoms with E-state index in [-0.39, 0.29) is 11.5 Å². The lowest BCUT2D eigenvalue weighted by Gasteiger charge is -1.99. The topological polar surface area (TPSA) is 60.2 Å². The van der Waals surface area contributed by atoms with Crippen LogP contribution in [0.1, 0.15) is 21.5 Å². The molecule has 0 saturated heterocycles. The molecule has 0 bridgehead atoms. The zero-order valence-corrected chi connectivity index (χ0v) is 10.9. The predicted octanol–water partition coefficient (Wildman–Crippen LogP) is 3.80. The monoisotopic (exact) mass is 267 g/mol. The fourth-order valence-electron chi connectivity index (χ4n) is 1.81. The van der Waals surface area contributed by atoms with Gasteiger partial charge in [0.05, 0.1) is 4.92 Å². The van der Waals surface area contributed by atoms with E-state index in [1.54, 1.807) is 12.1 Å². The highest BCUT2D eigenvalue weighted by Gasteiger charge is 2.09. The summed E-state index contributed by atoms with van der Waals surface area (Å²) in [6.45, 7) is 1.96. The van der Waals surface area contributed by atoms with Crippen molar-refractivity contribution in [2.75, 3.05) is 0 Å². The smallest absolute Gasteiger partial charge is 0.270 e. The molecule has 0 aliphatic heterocycles.